The van der Waals surface area contributed by atoms with Gasteiger partial charge in [0.2, 0.25) is 0 Å². The number of aliphatic carboxylic acids is 1. The van der Waals surface area contributed by atoms with Crippen molar-refractivity contribution in [2.24, 2.45) is 0 Å². The van der Waals surface area contributed by atoms with Crippen LogP contribution >= 0.6 is 11.7 Å². The molecule has 1 N–H and O–H groups in total. The minimum atomic E-state index is -1.31. The lowest BCUT2D eigenvalue weighted by Crippen LogP contribution is -2.14. The van der Waals surface area contributed by atoms with Crippen molar-refractivity contribution in [2.45, 2.75) is 6.42 Å². The average Bonchev–Trinajstić information content (AvgIpc) is 3.35. The van der Waals surface area contributed by atoms with Crippen LogP contribution < -0.4 is 14.2 Å². The monoisotopic (exact) mass is 508 g/mol. The maximum Gasteiger partial charge on any atom is 0.336 e. The Morgan fingerprint density at radius 3 is 2.17 bits per heavy atom. The zero-order valence-electron chi connectivity index (χ0n) is 19.6. The molecule has 0 saturated heterocycles. The standard InChI is InChI=1S/C26H21FN2O6S/c1-33-21-8-4-14(11-18(21)27)10-17(25(30)16-6-9-22(34-2)23(13-16)35-3)24(26(31)32)15-5-7-19-20(12-15)29-36-28-19/h4-9,11-13H,10H2,1-3H3,(H,31,32). The van der Waals surface area contributed by atoms with Crippen molar-refractivity contribution in [2.75, 3.05) is 21.3 Å². The number of ether oxygens (including phenoxy) is 3. The third-order valence-electron chi connectivity index (χ3n) is 5.58. The summed E-state index contributed by atoms with van der Waals surface area (Å²) in [6.45, 7) is 0. The molecule has 36 heavy (non-hydrogen) atoms. The number of ketones is 1. The molecule has 0 aliphatic rings. The van der Waals surface area contributed by atoms with Crippen LogP contribution in [0.15, 0.2) is 60.2 Å². The van der Waals surface area contributed by atoms with Crippen LogP contribution in [-0.2, 0) is 11.2 Å². The van der Waals surface area contributed by atoms with Gasteiger partial charge in [0.05, 0.1) is 38.6 Å². The number of Topliss-reactive ketones (excluding diaryl/α,β-unsaturated/α-hetero) is 1. The molecule has 184 valence electrons. The van der Waals surface area contributed by atoms with Crippen molar-refractivity contribution >= 4 is 40.1 Å². The Hall–Kier alpha value is -4.31. The van der Waals surface area contributed by atoms with Crippen molar-refractivity contribution < 1.29 is 33.3 Å². The molecular formula is C26H21FN2O6S. The number of carbonyl (C=O) groups excluding carboxylic acids is 1. The van der Waals surface area contributed by atoms with E-state index in [0.717, 1.165) is 11.7 Å². The van der Waals surface area contributed by atoms with Crippen LogP contribution in [0.25, 0.3) is 16.6 Å². The van der Waals surface area contributed by atoms with Gasteiger partial charge in [-0.3, -0.25) is 4.79 Å². The number of benzene rings is 3. The van der Waals surface area contributed by atoms with Gasteiger partial charge < -0.3 is 19.3 Å². The van der Waals surface area contributed by atoms with Gasteiger partial charge in [-0.15, -0.1) is 0 Å². The number of aromatic nitrogens is 2. The first-order chi connectivity index (χ1) is 17.4. The number of nitrogens with zero attached hydrogens (tertiary/aromatic N) is 2. The molecule has 0 fully saturated rings. The van der Waals surface area contributed by atoms with E-state index in [9.17, 15) is 19.1 Å². The van der Waals surface area contributed by atoms with Gasteiger partial charge >= 0.3 is 5.97 Å². The summed E-state index contributed by atoms with van der Waals surface area (Å²) in [7, 11) is 4.24. The Kier molecular flexibility index (Phi) is 7.25. The molecule has 0 aliphatic carbocycles. The van der Waals surface area contributed by atoms with Crippen molar-refractivity contribution in [3.8, 4) is 17.2 Å². The second kappa shape index (κ2) is 10.5. The van der Waals surface area contributed by atoms with E-state index in [4.69, 9.17) is 14.2 Å². The summed E-state index contributed by atoms with van der Waals surface area (Å²) >= 11 is 0.999. The van der Waals surface area contributed by atoms with E-state index in [0.29, 0.717) is 28.1 Å². The predicted octanol–water partition coefficient (Wildman–Crippen LogP) is 4.82. The fourth-order valence-electron chi connectivity index (χ4n) is 3.82. The number of carbonyl (C=O) groups is 2. The molecule has 0 saturated carbocycles. The Morgan fingerprint density at radius 2 is 1.50 bits per heavy atom. The summed E-state index contributed by atoms with van der Waals surface area (Å²) in [5.74, 6) is -1.73. The Morgan fingerprint density at radius 1 is 0.833 bits per heavy atom. The summed E-state index contributed by atoms with van der Waals surface area (Å²) in [5, 5.41) is 10.2. The highest BCUT2D eigenvalue weighted by Crippen LogP contribution is 2.32. The molecular weight excluding hydrogens is 487 g/mol. The fourth-order valence-corrected chi connectivity index (χ4v) is 4.34. The van der Waals surface area contributed by atoms with Crippen molar-refractivity contribution in [3.63, 3.8) is 0 Å². The van der Waals surface area contributed by atoms with E-state index in [-0.39, 0.29) is 34.4 Å². The van der Waals surface area contributed by atoms with E-state index in [1.165, 1.54) is 45.6 Å². The van der Waals surface area contributed by atoms with Crippen LogP contribution in [0.1, 0.15) is 21.5 Å². The molecule has 1 heterocycles. The lowest BCUT2D eigenvalue weighted by molar-refractivity contribution is -0.130. The highest BCUT2D eigenvalue weighted by molar-refractivity contribution is 7.00. The van der Waals surface area contributed by atoms with E-state index in [1.807, 2.05) is 0 Å². The number of hydrogen-bond acceptors (Lipinski definition) is 8. The molecule has 0 unspecified atom stereocenters. The SMILES string of the molecule is COc1ccc(CC(C(=O)c2ccc(OC)c(OC)c2)=C(C(=O)O)c2ccc3nsnc3c2)cc1F. The molecule has 8 nitrogen and oxygen atoms in total. The van der Waals surface area contributed by atoms with Gasteiger partial charge in [-0.1, -0.05) is 12.1 Å². The first kappa shape index (κ1) is 24.8. The van der Waals surface area contributed by atoms with Crippen LogP contribution in [-0.4, -0.2) is 46.9 Å². The van der Waals surface area contributed by atoms with Crippen LogP contribution in [0.5, 0.6) is 17.2 Å². The fraction of sp³-hybridized carbons (Fsp3) is 0.154. The molecule has 0 bridgehead atoms. The van der Waals surface area contributed by atoms with Gasteiger partial charge in [0.1, 0.15) is 11.0 Å². The second-order valence-corrected chi connectivity index (χ2v) is 8.20. The number of fused-ring (bicyclic) bond motifs is 1. The van der Waals surface area contributed by atoms with Gasteiger partial charge in [0.15, 0.2) is 28.8 Å². The molecule has 10 heteroatoms. The zero-order chi connectivity index (χ0) is 25.8. The number of carboxylic acids is 1. The summed E-state index contributed by atoms with van der Waals surface area (Å²) in [6, 6.07) is 13.6. The summed E-state index contributed by atoms with van der Waals surface area (Å²) < 4.78 is 38.3. The minimum Gasteiger partial charge on any atom is -0.494 e. The third kappa shape index (κ3) is 4.89. The summed E-state index contributed by atoms with van der Waals surface area (Å²) in [6.07, 6.45) is -0.150. The Labute approximate surface area is 209 Å². The first-order valence-corrected chi connectivity index (χ1v) is 11.4. The van der Waals surface area contributed by atoms with Gasteiger partial charge in [0, 0.05) is 17.6 Å². The summed E-state index contributed by atoms with van der Waals surface area (Å²) in [4.78, 5) is 26.3. The molecule has 0 amide bonds. The first-order valence-electron chi connectivity index (χ1n) is 10.6. The second-order valence-electron chi connectivity index (χ2n) is 7.67. The van der Waals surface area contributed by atoms with Gasteiger partial charge in [-0.25, -0.2) is 9.18 Å². The normalized spacial score (nSPS) is 11.7. The highest BCUT2D eigenvalue weighted by Gasteiger charge is 2.25. The van der Waals surface area contributed by atoms with Crippen LogP contribution in [0.2, 0.25) is 0 Å². The number of allylic oxidation sites excluding steroid dienone is 1. The number of carboxylic acid groups (broad SMARTS) is 1. The van der Waals surface area contributed by atoms with E-state index in [1.54, 1.807) is 30.3 Å². The summed E-state index contributed by atoms with van der Waals surface area (Å²) in [5.41, 5.74) is 1.71. The number of methoxy groups -OCH3 is 3. The number of rotatable bonds is 9. The lowest BCUT2D eigenvalue weighted by Gasteiger charge is -2.15. The molecule has 3 aromatic carbocycles. The molecule has 0 spiro atoms. The zero-order valence-corrected chi connectivity index (χ0v) is 20.4. The largest absolute Gasteiger partial charge is 0.494 e. The smallest absolute Gasteiger partial charge is 0.336 e. The molecule has 0 radical (unpaired) electrons. The maximum absolute atomic E-state index is 14.4. The number of halogens is 1. The Balaban J connectivity index is 1.91. The molecule has 4 aromatic rings. The molecule has 0 aliphatic heterocycles. The van der Waals surface area contributed by atoms with Crippen LogP contribution in [0.3, 0.4) is 0 Å². The molecule has 0 atom stereocenters. The van der Waals surface area contributed by atoms with E-state index < -0.39 is 17.6 Å². The number of hydrogen-bond donors (Lipinski definition) is 1. The third-order valence-corrected chi connectivity index (χ3v) is 6.13. The van der Waals surface area contributed by atoms with E-state index >= 15 is 0 Å². The average molecular weight is 509 g/mol. The molecule has 4 rings (SSSR count). The van der Waals surface area contributed by atoms with Crippen molar-refractivity contribution in [1.82, 2.24) is 8.75 Å². The maximum atomic E-state index is 14.4. The lowest BCUT2D eigenvalue weighted by atomic mass is 9.89. The topological polar surface area (TPSA) is 108 Å². The van der Waals surface area contributed by atoms with E-state index in [2.05, 4.69) is 8.75 Å². The van der Waals surface area contributed by atoms with Gasteiger partial charge in [-0.2, -0.15) is 8.75 Å². The van der Waals surface area contributed by atoms with Gasteiger partial charge in [-0.05, 0) is 53.6 Å². The van der Waals surface area contributed by atoms with Crippen LogP contribution in [0, 0.1) is 5.82 Å². The Bertz CT molecular complexity index is 1500. The molecule has 1 aromatic heterocycles. The highest BCUT2D eigenvalue weighted by atomic mass is 32.1. The van der Waals surface area contributed by atoms with Crippen LogP contribution in [0.4, 0.5) is 4.39 Å². The van der Waals surface area contributed by atoms with Crippen molar-refractivity contribution in [1.29, 1.82) is 0 Å². The predicted molar refractivity (Wildman–Crippen MR) is 133 cm³/mol. The quantitative estimate of drug-likeness (QED) is 0.253. The minimum absolute atomic E-state index is 0.0374. The van der Waals surface area contributed by atoms with Crippen molar-refractivity contribution in [3.05, 3.63) is 82.7 Å². The van der Waals surface area contributed by atoms with Gasteiger partial charge in [0.25, 0.3) is 0 Å².